The van der Waals surface area contributed by atoms with Crippen molar-refractivity contribution in [3.63, 3.8) is 0 Å². The summed E-state index contributed by atoms with van der Waals surface area (Å²) in [6.07, 6.45) is 3.18. The van der Waals surface area contributed by atoms with E-state index in [0.717, 1.165) is 47.8 Å². The molecule has 3 aliphatic rings. The van der Waals surface area contributed by atoms with Crippen molar-refractivity contribution in [1.82, 2.24) is 19.9 Å². The monoisotopic (exact) mass is 362 g/mol. The summed E-state index contributed by atoms with van der Waals surface area (Å²) in [5, 5.41) is 3.98. The molecule has 116 valence electrons. The smallest absolute Gasteiger partial charge is 0.150 e. The number of aromatic nitrogens is 2. The fourth-order valence-corrected chi connectivity index (χ4v) is 3.80. The summed E-state index contributed by atoms with van der Waals surface area (Å²) in [6.45, 7) is 6.02. The van der Waals surface area contributed by atoms with Gasteiger partial charge >= 0.3 is 0 Å². The number of nitrogens with zero attached hydrogens (tertiary/aromatic N) is 4. The van der Waals surface area contributed by atoms with Crippen LogP contribution in [0.4, 0.5) is 0 Å². The first-order valence-corrected chi connectivity index (χ1v) is 8.47. The fraction of sp³-hybridized carbons (Fsp3) is 0.500. The molecule has 0 radical (unpaired) electrons. The molecule has 2 aromatic rings. The lowest BCUT2D eigenvalue weighted by Crippen LogP contribution is -2.67. The Morgan fingerprint density at radius 1 is 1.27 bits per heavy atom. The van der Waals surface area contributed by atoms with Gasteiger partial charge in [-0.05, 0) is 41.4 Å². The zero-order valence-electron chi connectivity index (χ0n) is 12.6. The summed E-state index contributed by atoms with van der Waals surface area (Å²) in [6, 6.07) is 7.47. The molecule has 6 heteroatoms. The van der Waals surface area contributed by atoms with Gasteiger partial charge in [0, 0.05) is 48.5 Å². The third-order valence-electron chi connectivity index (χ3n) is 4.61. The van der Waals surface area contributed by atoms with Gasteiger partial charge in [-0.3, -0.25) is 14.8 Å². The van der Waals surface area contributed by atoms with Crippen molar-refractivity contribution in [2.75, 3.05) is 13.1 Å². The molecule has 3 aliphatic heterocycles. The predicted molar refractivity (Wildman–Crippen MR) is 86.2 cm³/mol. The SMILES string of the molecule is Cc1cc(CN2C3CC2CN(Cc2ccc(Br)cn2)C3)on1. The maximum atomic E-state index is 5.35. The molecular formula is C16H19BrN4O. The maximum Gasteiger partial charge on any atom is 0.150 e. The average Bonchev–Trinajstić information content (AvgIpc) is 2.93. The van der Waals surface area contributed by atoms with Gasteiger partial charge in [-0.2, -0.15) is 0 Å². The van der Waals surface area contributed by atoms with E-state index in [2.05, 4.69) is 48.0 Å². The molecule has 5 heterocycles. The zero-order chi connectivity index (χ0) is 15.1. The Labute approximate surface area is 138 Å². The largest absolute Gasteiger partial charge is 0.360 e. The lowest BCUT2D eigenvalue weighted by Gasteiger charge is -2.56. The number of piperidine rings is 1. The highest BCUT2D eigenvalue weighted by atomic mass is 79.9. The number of hydrogen-bond acceptors (Lipinski definition) is 5. The van der Waals surface area contributed by atoms with Crippen LogP contribution in [0.15, 0.2) is 33.4 Å². The van der Waals surface area contributed by atoms with Crippen LogP contribution in [-0.4, -0.2) is 45.1 Å². The van der Waals surface area contributed by atoms with E-state index < -0.39 is 0 Å². The van der Waals surface area contributed by atoms with Crippen LogP contribution < -0.4 is 0 Å². The molecule has 22 heavy (non-hydrogen) atoms. The molecule has 3 fully saturated rings. The van der Waals surface area contributed by atoms with E-state index in [1.165, 1.54) is 6.42 Å². The number of rotatable bonds is 4. The Balaban J connectivity index is 1.35. The third kappa shape index (κ3) is 2.83. The average molecular weight is 363 g/mol. The van der Waals surface area contributed by atoms with E-state index in [1.54, 1.807) is 0 Å². The highest BCUT2D eigenvalue weighted by Gasteiger charge is 2.44. The lowest BCUT2D eigenvalue weighted by atomic mass is 9.87. The van der Waals surface area contributed by atoms with E-state index in [9.17, 15) is 0 Å². The van der Waals surface area contributed by atoms with Gasteiger partial charge in [0.15, 0.2) is 5.76 Å². The Hall–Kier alpha value is -1.24. The van der Waals surface area contributed by atoms with Crippen LogP contribution in [0, 0.1) is 6.92 Å². The molecule has 0 saturated carbocycles. The molecule has 0 N–H and O–H groups in total. The van der Waals surface area contributed by atoms with Crippen molar-refractivity contribution >= 4 is 15.9 Å². The summed E-state index contributed by atoms with van der Waals surface area (Å²) < 4.78 is 6.38. The van der Waals surface area contributed by atoms with Gasteiger partial charge in [0.25, 0.3) is 0 Å². The Bertz CT molecular complexity index is 644. The van der Waals surface area contributed by atoms with Crippen LogP contribution >= 0.6 is 15.9 Å². The van der Waals surface area contributed by atoms with Crippen LogP contribution in [0.3, 0.4) is 0 Å². The number of hydrogen-bond donors (Lipinski definition) is 0. The molecule has 2 aromatic heterocycles. The summed E-state index contributed by atoms with van der Waals surface area (Å²) in [5.74, 6) is 0.982. The molecule has 3 saturated heterocycles. The van der Waals surface area contributed by atoms with Crippen LogP contribution in [0.5, 0.6) is 0 Å². The first-order valence-electron chi connectivity index (χ1n) is 7.68. The van der Waals surface area contributed by atoms with Gasteiger partial charge in [0.05, 0.1) is 17.9 Å². The van der Waals surface area contributed by atoms with E-state index in [1.807, 2.05) is 19.2 Å². The molecule has 2 bridgehead atoms. The number of piperazine rings is 1. The van der Waals surface area contributed by atoms with Crippen molar-refractivity contribution in [2.45, 2.75) is 38.5 Å². The van der Waals surface area contributed by atoms with Gasteiger partial charge in [-0.1, -0.05) is 5.16 Å². The number of aryl methyl sites for hydroxylation is 1. The molecule has 0 aliphatic carbocycles. The molecule has 0 amide bonds. The van der Waals surface area contributed by atoms with Gasteiger partial charge in [-0.15, -0.1) is 0 Å². The summed E-state index contributed by atoms with van der Waals surface area (Å²) >= 11 is 3.43. The Morgan fingerprint density at radius 3 is 2.73 bits per heavy atom. The van der Waals surface area contributed by atoms with Crippen molar-refractivity contribution in [3.8, 4) is 0 Å². The van der Waals surface area contributed by atoms with E-state index >= 15 is 0 Å². The molecule has 0 spiro atoms. The zero-order valence-corrected chi connectivity index (χ0v) is 14.2. The second kappa shape index (κ2) is 5.76. The van der Waals surface area contributed by atoms with E-state index in [-0.39, 0.29) is 0 Å². The standard InChI is InChI=1S/C16H19BrN4O/c1-11-4-16(22-19-11)10-21-14-5-15(21)9-20(8-14)7-13-3-2-12(17)6-18-13/h2-4,6,14-15H,5,7-10H2,1H3. The second-order valence-corrected chi connectivity index (χ2v) is 7.23. The minimum Gasteiger partial charge on any atom is -0.360 e. The molecule has 0 aromatic carbocycles. The van der Waals surface area contributed by atoms with E-state index in [0.29, 0.717) is 12.1 Å². The molecular weight excluding hydrogens is 344 g/mol. The minimum absolute atomic E-state index is 0.639. The van der Waals surface area contributed by atoms with Gasteiger partial charge in [0.2, 0.25) is 0 Å². The van der Waals surface area contributed by atoms with Crippen LogP contribution in [0.2, 0.25) is 0 Å². The summed E-state index contributed by atoms with van der Waals surface area (Å²) in [4.78, 5) is 9.53. The molecule has 5 rings (SSSR count). The quantitative estimate of drug-likeness (QED) is 0.836. The summed E-state index contributed by atoms with van der Waals surface area (Å²) in [7, 11) is 0. The maximum absolute atomic E-state index is 5.35. The molecule has 2 atom stereocenters. The normalized spacial score (nSPS) is 25.2. The van der Waals surface area contributed by atoms with Crippen molar-refractivity contribution < 1.29 is 4.52 Å². The summed E-state index contributed by atoms with van der Waals surface area (Å²) in [5.41, 5.74) is 2.10. The van der Waals surface area contributed by atoms with Crippen LogP contribution in [0.1, 0.15) is 23.6 Å². The topological polar surface area (TPSA) is 45.4 Å². The molecule has 5 nitrogen and oxygen atoms in total. The van der Waals surface area contributed by atoms with E-state index in [4.69, 9.17) is 4.52 Å². The number of pyridine rings is 1. The number of halogens is 1. The fourth-order valence-electron chi connectivity index (χ4n) is 3.56. The first-order chi connectivity index (χ1) is 10.7. The van der Waals surface area contributed by atoms with Gasteiger partial charge in [0.1, 0.15) is 0 Å². The second-order valence-electron chi connectivity index (χ2n) is 6.31. The Morgan fingerprint density at radius 2 is 2.09 bits per heavy atom. The molecule has 2 unspecified atom stereocenters. The Kier molecular flexibility index (Phi) is 3.76. The highest BCUT2D eigenvalue weighted by molar-refractivity contribution is 9.10. The van der Waals surface area contributed by atoms with Crippen LogP contribution in [-0.2, 0) is 13.1 Å². The van der Waals surface area contributed by atoms with Crippen molar-refractivity contribution in [2.24, 2.45) is 0 Å². The lowest BCUT2D eigenvalue weighted by molar-refractivity contribution is -0.0813. The van der Waals surface area contributed by atoms with Crippen molar-refractivity contribution in [1.29, 1.82) is 0 Å². The van der Waals surface area contributed by atoms with Gasteiger partial charge < -0.3 is 4.52 Å². The van der Waals surface area contributed by atoms with Gasteiger partial charge in [-0.25, -0.2) is 0 Å². The first kappa shape index (κ1) is 14.4. The highest BCUT2D eigenvalue weighted by Crippen LogP contribution is 2.34. The number of fused-ring (bicyclic) bond motifs is 2. The predicted octanol–water partition coefficient (Wildman–Crippen LogP) is 2.60. The third-order valence-corrected chi connectivity index (χ3v) is 5.08. The van der Waals surface area contributed by atoms with Crippen LogP contribution in [0.25, 0.3) is 0 Å². The van der Waals surface area contributed by atoms with Crippen molar-refractivity contribution in [3.05, 3.63) is 46.0 Å². The minimum atomic E-state index is 0.639.